The summed E-state index contributed by atoms with van der Waals surface area (Å²) >= 11 is 5.06. The van der Waals surface area contributed by atoms with Crippen LogP contribution in [0.1, 0.15) is 25.8 Å². The minimum atomic E-state index is -0.443. The van der Waals surface area contributed by atoms with Crippen molar-refractivity contribution in [3.05, 3.63) is 41.6 Å². The van der Waals surface area contributed by atoms with Crippen molar-refractivity contribution in [3.8, 4) is 0 Å². The number of hydrogen-bond donors (Lipinski definition) is 1. The van der Waals surface area contributed by atoms with Crippen LogP contribution in [0, 0.1) is 0 Å². The van der Waals surface area contributed by atoms with Crippen LogP contribution in [-0.2, 0) is 16.1 Å². The molecule has 2 heterocycles. The van der Waals surface area contributed by atoms with Crippen molar-refractivity contribution in [1.82, 2.24) is 14.8 Å². The van der Waals surface area contributed by atoms with Gasteiger partial charge in [0.1, 0.15) is 5.57 Å². The van der Waals surface area contributed by atoms with Crippen LogP contribution in [0.15, 0.2) is 36.0 Å². The summed E-state index contributed by atoms with van der Waals surface area (Å²) in [5, 5.41) is 3.77. The molecule has 0 unspecified atom stereocenters. The van der Waals surface area contributed by atoms with E-state index >= 15 is 0 Å². The Morgan fingerprint density at radius 2 is 1.96 bits per heavy atom. The molecule has 6 heteroatoms. The maximum Gasteiger partial charge on any atom is 0.265 e. The van der Waals surface area contributed by atoms with Crippen molar-refractivity contribution in [2.45, 2.75) is 26.8 Å². The third-order valence-corrected chi connectivity index (χ3v) is 4.41. The largest absolute Gasteiger partial charge is 0.347 e. The van der Waals surface area contributed by atoms with Crippen LogP contribution >= 0.6 is 12.2 Å². The van der Waals surface area contributed by atoms with E-state index in [2.05, 4.69) is 16.8 Å². The van der Waals surface area contributed by atoms with Crippen molar-refractivity contribution in [2.75, 3.05) is 6.54 Å². The maximum atomic E-state index is 12.6. The number of aryl methyl sites for hydroxylation is 1. The Labute approximate surface area is 145 Å². The first-order valence-electron chi connectivity index (χ1n) is 8.03. The molecule has 0 saturated carbocycles. The van der Waals surface area contributed by atoms with Gasteiger partial charge in [0, 0.05) is 35.8 Å². The van der Waals surface area contributed by atoms with Crippen LogP contribution in [0.3, 0.4) is 0 Å². The molecule has 1 aliphatic heterocycles. The number of para-hydroxylation sites is 1. The number of aromatic nitrogens is 1. The van der Waals surface area contributed by atoms with Gasteiger partial charge in [-0.25, -0.2) is 0 Å². The van der Waals surface area contributed by atoms with Gasteiger partial charge in [-0.15, -0.1) is 0 Å². The van der Waals surface area contributed by atoms with E-state index in [-0.39, 0.29) is 16.6 Å². The van der Waals surface area contributed by atoms with Crippen LogP contribution in [0.4, 0.5) is 0 Å². The fraction of sp³-hybridized carbons (Fsp3) is 0.278. The third kappa shape index (κ3) is 2.73. The first-order valence-corrected chi connectivity index (χ1v) is 8.44. The Bertz CT molecular complexity index is 866. The van der Waals surface area contributed by atoms with E-state index in [1.807, 2.05) is 37.4 Å². The van der Waals surface area contributed by atoms with E-state index in [1.54, 1.807) is 6.08 Å². The summed E-state index contributed by atoms with van der Waals surface area (Å²) in [7, 11) is 0. The number of likely N-dealkylation sites (N-methyl/N-ethyl adjacent to an activating group) is 1. The highest BCUT2D eigenvalue weighted by Gasteiger charge is 2.32. The van der Waals surface area contributed by atoms with Gasteiger partial charge in [0.2, 0.25) is 0 Å². The van der Waals surface area contributed by atoms with Crippen molar-refractivity contribution in [1.29, 1.82) is 0 Å². The van der Waals surface area contributed by atoms with Gasteiger partial charge in [0.25, 0.3) is 11.8 Å². The summed E-state index contributed by atoms with van der Waals surface area (Å²) < 4.78 is 2.15. The lowest BCUT2D eigenvalue weighted by Crippen LogP contribution is -2.53. The number of carbonyl (C=O) groups is 2. The average molecular weight is 341 g/mol. The highest BCUT2D eigenvalue weighted by atomic mass is 32.1. The van der Waals surface area contributed by atoms with E-state index in [4.69, 9.17) is 12.2 Å². The lowest BCUT2D eigenvalue weighted by molar-refractivity contribution is -0.128. The molecule has 124 valence electrons. The molecular formula is C18H19N3O2S. The zero-order valence-corrected chi connectivity index (χ0v) is 14.5. The minimum Gasteiger partial charge on any atom is -0.347 e. The van der Waals surface area contributed by atoms with Crippen LogP contribution in [-0.4, -0.2) is 32.9 Å². The quantitative estimate of drug-likeness (QED) is 0.528. The number of nitrogens with zero attached hydrogens (tertiary/aromatic N) is 2. The molecule has 0 bridgehead atoms. The lowest BCUT2D eigenvalue weighted by atomic mass is 10.1. The van der Waals surface area contributed by atoms with E-state index in [0.29, 0.717) is 6.54 Å². The molecule has 1 saturated heterocycles. The van der Waals surface area contributed by atoms with Gasteiger partial charge >= 0.3 is 0 Å². The van der Waals surface area contributed by atoms with Crippen molar-refractivity contribution in [2.24, 2.45) is 0 Å². The highest BCUT2D eigenvalue weighted by Crippen LogP contribution is 2.25. The van der Waals surface area contributed by atoms with E-state index < -0.39 is 5.91 Å². The van der Waals surface area contributed by atoms with Crippen LogP contribution in [0.5, 0.6) is 0 Å². The molecule has 2 amide bonds. The normalized spacial score (nSPS) is 17.0. The van der Waals surface area contributed by atoms with Gasteiger partial charge in [0.05, 0.1) is 0 Å². The second-order valence-corrected chi connectivity index (χ2v) is 6.05. The van der Waals surface area contributed by atoms with E-state index in [9.17, 15) is 9.59 Å². The Balaban J connectivity index is 2.10. The molecular weight excluding hydrogens is 322 g/mol. The minimum absolute atomic E-state index is 0.116. The summed E-state index contributed by atoms with van der Waals surface area (Å²) in [5.41, 5.74) is 2.07. The maximum absolute atomic E-state index is 12.6. The predicted molar refractivity (Wildman–Crippen MR) is 98.3 cm³/mol. The monoisotopic (exact) mass is 341 g/mol. The molecule has 3 rings (SSSR count). The van der Waals surface area contributed by atoms with Crippen LogP contribution in [0.2, 0.25) is 0 Å². The third-order valence-electron chi connectivity index (χ3n) is 4.09. The van der Waals surface area contributed by atoms with Gasteiger partial charge in [0.15, 0.2) is 5.11 Å². The number of hydrogen-bond acceptors (Lipinski definition) is 3. The molecule has 0 atom stereocenters. The SMILES string of the molecule is CCCn1cc(C=C2C(=O)NC(=S)N(CC)C2=O)c2ccccc21. The first-order chi connectivity index (χ1) is 11.6. The van der Waals surface area contributed by atoms with Crippen LogP contribution < -0.4 is 5.32 Å². The number of fused-ring (bicyclic) bond motifs is 1. The van der Waals surface area contributed by atoms with Crippen molar-refractivity contribution < 1.29 is 9.59 Å². The van der Waals surface area contributed by atoms with Gasteiger partial charge < -0.3 is 4.57 Å². The van der Waals surface area contributed by atoms with Gasteiger partial charge in [-0.2, -0.15) is 0 Å². The summed E-state index contributed by atoms with van der Waals surface area (Å²) in [5.74, 6) is -0.791. The Morgan fingerprint density at radius 1 is 1.21 bits per heavy atom. The van der Waals surface area contributed by atoms with Gasteiger partial charge in [-0.3, -0.25) is 19.8 Å². The number of carbonyl (C=O) groups excluding carboxylic acids is 2. The van der Waals surface area contributed by atoms with Crippen molar-refractivity contribution >= 4 is 46.1 Å². The fourth-order valence-electron chi connectivity index (χ4n) is 2.95. The lowest BCUT2D eigenvalue weighted by Gasteiger charge is -2.27. The fourth-order valence-corrected chi connectivity index (χ4v) is 3.26. The number of benzene rings is 1. The summed E-state index contributed by atoms with van der Waals surface area (Å²) in [6, 6.07) is 7.99. The Hall–Kier alpha value is -2.47. The smallest absolute Gasteiger partial charge is 0.265 e. The van der Waals surface area contributed by atoms with Gasteiger partial charge in [-0.1, -0.05) is 25.1 Å². The number of amides is 2. The predicted octanol–water partition coefficient (Wildman–Crippen LogP) is 2.70. The summed E-state index contributed by atoms with van der Waals surface area (Å²) in [6.45, 7) is 5.25. The van der Waals surface area contributed by atoms with E-state index in [1.165, 1.54) is 4.90 Å². The summed E-state index contributed by atoms with van der Waals surface area (Å²) in [4.78, 5) is 26.2. The molecule has 1 N–H and O–H groups in total. The molecule has 1 aliphatic rings. The topological polar surface area (TPSA) is 54.3 Å². The number of rotatable bonds is 4. The second kappa shape index (κ2) is 6.57. The zero-order valence-electron chi connectivity index (χ0n) is 13.7. The molecule has 0 radical (unpaired) electrons. The number of nitrogens with one attached hydrogen (secondary N) is 1. The molecule has 1 fully saturated rings. The standard InChI is InChI=1S/C18H19N3O2S/c1-3-9-20-11-12(13-7-5-6-8-15(13)20)10-14-16(22)19-18(24)21(4-2)17(14)23/h5-8,10-11H,3-4,9H2,1-2H3,(H,19,22,24). The molecule has 0 spiro atoms. The molecule has 24 heavy (non-hydrogen) atoms. The molecule has 0 aliphatic carbocycles. The number of thiocarbonyl (C=S) groups is 1. The van der Waals surface area contributed by atoms with E-state index in [0.717, 1.165) is 29.4 Å². The average Bonchev–Trinajstić information content (AvgIpc) is 2.90. The molecule has 5 nitrogen and oxygen atoms in total. The van der Waals surface area contributed by atoms with Crippen LogP contribution in [0.25, 0.3) is 17.0 Å². The highest BCUT2D eigenvalue weighted by molar-refractivity contribution is 7.80. The Morgan fingerprint density at radius 3 is 2.67 bits per heavy atom. The summed E-state index contributed by atoms with van der Waals surface area (Å²) in [6.07, 6.45) is 4.66. The molecule has 1 aromatic carbocycles. The molecule has 2 aromatic rings. The molecule has 1 aromatic heterocycles. The first kappa shape index (κ1) is 16.4. The van der Waals surface area contributed by atoms with Gasteiger partial charge in [-0.05, 0) is 37.7 Å². The second-order valence-electron chi connectivity index (χ2n) is 5.66. The Kier molecular flexibility index (Phi) is 4.49. The van der Waals surface area contributed by atoms with Crippen molar-refractivity contribution in [3.63, 3.8) is 0 Å². The zero-order chi connectivity index (χ0) is 17.3.